The maximum Gasteiger partial charge on any atom is 0.304 e. The van der Waals surface area contributed by atoms with Gasteiger partial charge in [0.25, 0.3) is 0 Å². The maximum absolute atomic E-state index is 12.9. The first-order chi connectivity index (χ1) is 7.99. The van der Waals surface area contributed by atoms with E-state index in [0.29, 0.717) is 6.54 Å². The number of carboxylic acids is 1. The van der Waals surface area contributed by atoms with Crippen molar-refractivity contribution < 1.29 is 14.3 Å². The lowest BCUT2D eigenvalue weighted by Crippen LogP contribution is -2.24. The summed E-state index contributed by atoms with van der Waals surface area (Å²) in [5, 5.41) is 8.65. The Hall–Kier alpha value is -1.13. The van der Waals surface area contributed by atoms with Crippen LogP contribution >= 0.6 is 11.6 Å². The van der Waals surface area contributed by atoms with Gasteiger partial charge in [-0.25, -0.2) is 4.39 Å². The molecule has 0 aliphatic carbocycles. The summed E-state index contributed by atoms with van der Waals surface area (Å²) in [6, 6.07) is 4.63. The quantitative estimate of drug-likeness (QED) is 0.853. The standard InChI is InChI=1S/C12H15ClFNO2/c1-15(7-5-12(16)17)6-4-9-2-3-11(14)10(13)8-9/h2-3,8H,4-7H2,1H3,(H,16,17). The van der Waals surface area contributed by atoms with Crippen molar-refractivity contribution in [1.29, 1.82) is 0 Å². The fraction of sp³-hybridized carbons (Fsp3) is 0.417. The van der Waals surface area contributed by atoms with Crippen molar-refractivity contribution in [3.05, 3.63) is 34.6 Å². The van der Waals surface area contributed by atoms with Gasteiger partial charge in [-0.05, 0) is 31.2 Å². The Bertz CT molecular complexity index is 398. The number of hydrogen-bond acceptors (Lipinski definition) is 2. The topological polar surface area (TPSA) is 40.5 Å². The SMILES string of the molecule is CN(CCC(=O)O)CCc1ccc(F)c(Cl)c1. The van der Waals surface area contributed by atoms with E-state index in [-0.39, 0.29) is 11.4 Å². The molecule has 0 aliphatic rings. The Morgan fingerprint density at radius 1 is 1.47 bits per heavy atom. The molecule has 0 aromatic heterocycles. The minimum Gasteiger partial charge on any atom is -0.481 e. The molecular formula is C12H15ClFNO2. The number of carboxylic acid groups (broad SMARTS) is 1. The van der Waals surface area contributed by atoms with Gasteiger partial charge in [0.2, 0.25) is 0 Å². The van der Waals surface area contributed by atoms with Gasteiger partial charge < -0.3 is 10.0 Å². The van der Waals surface area contributed by atoms with Crippen LogP contribution in [0.3, 0.4) is 0 Å². The lowest BCUT2D eigenvalue weighted by molar-refractivity contribution is -0.137. The Kier molecular flexibility index (Phi) is 5.38. The highest BCUT2D eigenvalue weighted by Gasteiger charge is 2.04. The van der Waals surface area contributed by atoms with Gasteiger partial charge in [0.15, 0.2) is 0 Å². The van der Waals surface area contributed by atoms with Crippen LogP contribution in [0.4, 0.5) is 4.39 Å². The van der Waals surface area contributed by atoms with E-state index in [0.717, 1.165) is 18.5 Å². The second-order valence-corrected chi connectivity index (χ2v) is 4.35. The van der Waals surface area contributed by atoms with Crippen molar-refractivity contribution in [2.75, 3.05) is 20.1 Å². The summed E-state index contributed by atoms with van der Waals surface area (Å²) in [6.45, 7) is 1.22. The summed E-state index contributed by atoms with van der Waals surface area (Å²) in [7, 11) is 1.86. The van der Waals surface area contributed by atoms with Gasteiger partial charge >= 0.3 is 5.97 Å². The average Bonchev–Trinajstić information content (AvgIpc) is 2.28. The molecule has 17 heavy (non-hydrogen) atoms. The van der Waals surface area contributed by atoms with Crippen LogP contribution in [0.1, 0.15) is 12.0 Å². The van der Waals surface area contributed by atoms with E-state index in [1.807, 2.05) is 11.9 Å². The molecule has 0 spiro atoms. The molecule has 0 saturated carbocycles. The molecule has 0 aliphatic heterocycles. The van der Waals surface area contributed by atoms with Crippen molar-refractivity contribution in [1.82, 2.24) is 4.90 Å². The van der Waals surface area contributed by atoms with Gasteiger partial charge in [-0.2, -0.15) is 0 Å². The summed E-state index contributed by atoms with van der Waals surface area (Å²) in [5.74, 6) is -1.23. The van der Waals surface area contributed by atoms with Gasteiger partial charge in [0, 0.05) is 13.1 Å². The number of likely N-dealkylation sites (N-methyl/N-ethyl adjacent to an activating group) is 1. The smallest absolute Gasteiger partial charge is 0.304 e. The minimum absolute atomic E-state index is 0.121. The number of aliphatic carboxylic acids is 1. The van der Waals surface area contributed by atoms with Gasteiger partial charge in [-0.15, -0.1) is 0 Å². The van der Waals surface area contributed by atoms with Crippen LogP contribution in [-0.4, -0.2) is 36.1 Å². The third-order valence-corrected chi connectivity index (χ3v) is 2.76. The van der Waals surface area contributed by atoms with E-state index in [1.165, 1.54) is 6.07 Å². The zero-order chi connectivity index (χ0) is 12.8. The first-order valence-electron chi connectivity index (χ1n) is 5.33. The van der Waals surface area contributed by atoms with E-state index in [4.69, 9.17) is 16.7 Å². The molecule has 0 saturated heterocycles. The van der Waals surface area contributed by atoms with Crippen molar-refractivity contribution in [2.24, 2.45) is 0 Å². The summed E-state index contributed by atoms with van der Waals surface area (Å²) in [6.07, 6.45) is 0.844. The number of carbonyl (C=O) groups is 1. The minimum atomic E-state index is -0.804. The molecule has 0 atom stereocenters. The molecule has 1 aromatic rings. The highest BCUT2D eigenvalue weighted by atomic mass is 35.5. The monoisotopic (exact) mass is 259 g/mol. The Labute approximate surface area is 105 Å². The number of rotatable bonds is 6. The van der Waals surface area contributed by atoms with Crippen molar-refractivity contribution in [3.63, 3.8) is 0 Å². The first kappa shape index (κ1) is 13.9. The summed E-state index contributed by atoms with van der Waals surface area (Å²) >= 11 is 5.67. The molecule has 3 nitrogen and oxygen atoms in total. The van der Waals surface area contributed by atoms with Crippen LogP contribution in [0.5, 0.6) is 0 Å². The maximum atomic E-state index is 12.9. The molecule has 0 radical (unpaired) electrons. The zero-order valence-corrected chi connectivity index (χ0v) is 10.4. The first-order valence-corrected chi connectivity index (χ1v) is 5.71. The number of nitrogens with zero attached hydrogens (tertiary/aromatic N) is 1. The third kappa shape index (κ3) is 5.15. The Balaban J connectivity index is 2.39. The summed E-state index contributed by atoms with van der Waals surface area (Å²) in [4.78, 5) is 12.3. The molecule has 94 valence electrons. The zero-order valence-electron chi connectivity index (χ0n) is 9.62. The Morgan fingerprint density at radius 2 is 2.18 bits per heavy atom. The fourth-order valence-corrected chi connectivity index (χ4v) is 1.62. The summed E-state index contributed by atoms with van der Waals surface area (Å²) in [5.41, 5.74) is 0.943. The third-order valence-electron chi connectivity index (χ3n) is 2.47. The molecular weight excluding hydrogens is 245 g/mol. The molecule has 0 fully saturated rings. The van der Waals surface area contributed by atoms with E-state index in [9.17, 15) is 9.18 Å². The van der Waals surface area contributed by atoms with Crippen molar-refractivity contribution in [2.45, 2.75) is 12.8 Å². The summed E-state index contributed by atoms with van der Waals surface area (Å²) < 4.78 is 12.9. The molecule has 1 N–H and O–H groups in total. The largest absolute Gasteiger partial charge is 0.481 e. The molecule has 0 heterocycles. The second-order valence-electron chi connectivity index (χ2n) is 3.95. The van der Waals surface area contributed by atoms with Crippen LogP contribution in [0.15, 0.2) is 18.2 Å². The normalized spacial score (nSPS) is 10.8. The molecule has 0 bridgehead atoms. The number of benzene rings is 1. The Morgan fingerprint density at radius 3 is 2.76 bits per heavy atom. The molecule has 1 aromatic carbocycles. The van der Waals surface area contributed by atoms with E-state index in [2.05, 4.69) is 0 Å². The fourth-order valence-electron chi connectivity index (χ4n) is 1.41. The van der Waals surface area contributed by atoms with Gasteiger partial charge in [0.05, 0.1) is 11.4 Å². The lowest BCUT2D eigenvalue weighted by atomic mass is 10.1. The number of halogens is 2. The van der Waals surface area contributed by atoms with Gasteiger partial charge in [0.1, 0.15) is 5.82 Å². The van der Waals surface area contributed by atoms with Crippen molar-refractivity contribution in [3.8, 4) is 0 Å². The second kappa shape index (κ2) is 6.57. The predicted octanol–water partition coefficient (Wildman–Crippen LogP) is 2.43. The highest BCUT2D eigenvalue weighted by Crippen LogP contribution is 2.16. The number of hydrogen-bond donors (Lipinski definition) is 1. The average molecular weight is 260 g/mol. The molecule has 1 rings (SSSR count). The van der Waals surface area contributed by atoms with Crippen LogP contribution < -0.4 is 0 Å². The molecule has 0 amide bonds. The van der Waals surface area contributed by atoms with E-state index in [1.54, 1.807) is 12.1 Å². The van der Waals surface area contributed by atoms with E-state index < -0.39 is 11.8 Å². The van der Waals surface area contributed by atoms with E-state index >= 15 is 0 Å². The van der Waals surface area contributed by atoms with Crippen molar-refractivity contribution >= 4 is 17.6 Å². The molecule has 0 unspecified atom stereocenters. The van der Waals surface area contributed by atoms with Crippen LogP contribution in [0.25, 0.3) is 0 Å². The van der Waals surface area contributed by atoms with Gasteiger partial charge in [-0.3, -0.25) is 4.79 Å². The predicted molar refractivity (Wildman–Crippen MR) is 64.9 cm³/mol. The van der Waals surface area contributed by atoms with Gasteiger partial charge in [-0.1, -0.05) is 17.7 Å². The van der Waals surface area contributed by atoms with Crippen LogP contribution in [0.2, 0.25) is 5.02 Å². The lowest BCUT2D eigenvalue weighted by Gasteiger charge is -2.15. The van der Waals surface area contributed by atoms with Crippen LogP contribution in [-0.2, 0) is 11.2 Å². The highest BCUT2D eigenvalue weighted by molar-refractivity contribution is 6.30. The van der Waals surface area contributed by atoms with Crippen LogP contribution in [0, 0.1) is 5.82 Å². The molecule has 5 heteroatoms.